The van der Waals surface area contributed by atoms with Crippen molar-refractivity contribution >= 4 is 60.8 Å². The van der Waals surface area contributed by atoms with Gasteiger partial charge in [-0.3, -0.25) is 0 Å². The molecule has 228 valence electrons. The molecule has 0 spiro atoms. The first-order valence-corrected chi connectivity index (χ1v) is 16.9. The summed E-state index contributed by atoms with van der Waals surface area (Å²) in [6, 6.07) is 57.8. The van der Waals surface area contributed by atoms with Gasteiger partial charge in [-0.25, -0.2) is 0 Å². The van der Waals surface area contributed by atoms with Crippen LogP contribution in [0.4, 0.5) is 28.4 Å². The van der Waals surface area contributed by atoms with Crippen molar-refractivity contribution in [1.82, 2.24) is 0 Å². The van der Waals surface area contributed by atoms with Gasteiger partial charge in [-0.1, -0.05) is 123 Å². The van der Waals surface area contributed by atoms with Crippen molar-refractivity contribution in [3.05, 3.63) is 163 Å². The predicted octanol–water partition coefficient (Wildman–Crippen LogP) is 12.8. The van der Waals surface area contributed by atoms with Crippen LogP contribution < -0.4 is 9.80 Å². The highest BCUT2D eigenvalue weighted by Gasteiger charge is 2.20. The second-order valence-corrected chi connectivity index (χ2v) is 12.1. The van der Waals surface area contributed by atoms with E-state index in [-0.39, 0.29) is 0 Å². The Morgan fingerprint density at radius 3 is 1.79 bits per heavy atom. The van der Waals surface area contributed by atoms with Crippen molar-refractivity contribution in [3.63, 3.8) is 0 Å². The van der Waals surface area contributed by atoms with Crippen LogP contribution in [-0.2, 0) is 6.42 Å². The first-order valence-electron chi connectivity index (χ1n) is 16.9. The molecule has 2 nitrogen and oxygen atoms in total. The third-order valence-electron chi connectivity index (χ3n) is 9.51. The maximum absolute atomic E-state index is 2.47. The Bertz CT molecular complexity index is 2250. The highest BCUT2D eigenvalue weighted by molar-refractivity contribution is 6.27. The fourth-order valence-corrected chi connectivity index (χ4v) is 7.44. The van der Waals surface area contributed by atoms with E-state index in [9.17, 15) is 0 Å². The average Bonchev–Trinajstić information content (AvgIpc) is 3.16. The van der Waals surface area contributed by atoms with Gasteiger partial charge in [-0.05, 0) is 105 Å². The molecule has 0 atom stereocenters. The van der Waals surface area contributed by atoms with E-state index in [1.54, 1.807) is 0 Å². The average molecular weight is 607 g/mol. The van der Waals surface area contributed by atoms with E-state index < -0.39 is 0 Å². The van der Waals surface area contributed by atoms with Crippen molar-refractivity contribution in [2.45, 2.75) is 26.7 Å². The molecule has 9 rings (SSSR count). The van der Waals surface area contributed by atoms with Crippen LogP contribution in [0.25, 0.3) is 43.4 Å². The molecule has 0 aromatic heterocycles. The lowest BCUT2D eigenvalue weighted by Gasteiger charge is -2.31. The van der Waals surface area contributed by atoms with Crippen molar-refractivity contribution in [3.8, 4) is 11.1 Å². The van der Waals surface area contributed by atoms with E-state index >= 15 is 0 Å². The number of rotatable bonds is 5. The van der Waals surface area contributed by atoms with Crippen LogP contribution >= 0.6 is 0 Å². The van der Waals surface area contributed by atoms with Gasteiger partial charge in [-0.15, -0.1) is 0 Å². The zero-order chi connectivity index (χ0) is 31.7. The Morgan fingerprint density at radius 2 is 1.09 bits per heavy atom. The summed E-state index contributed by atoms with van der Waals surface area (Å²) in [6.45, 7) is 5.06. The first kappa shape index (κ1) is 28.8. The standard InChI is InChI=1S/C43H32N2.C2H6/c1-3-12-35(13-4-1)45(36-14-5-2-6-15-36)41-28-22-33-20-26-38-37(25-19-32-21-27-39(41)43(33)42(32)38)30-17-23-34(24-18-30)44-29-9-11-31-10-7-8-16-40(31)44;1-2/h1-8,10,12-28H,9,11,29H2;1-2H3. The predicted molar refractivity (Wildman–Crippen MR) is 203 cm³/mol. The highest BCUT2D eigenvalue weighted by Crippen LogP contribution is 2.45. The van der Waals surface area contributed by atoms with E-state index in [2.05, 4.69) is 168 Å². The molecule has 1 heterocycles. The van der Waals surface area contributed by atoms with E-state index in [0.717, 1.165) is 24.3 Å². The minimum Gasteiger partial charge on any atom is -0.341 e. The summed E-state index contributed by atoms with van der Waals surface area (Å²) in [7, 11) is 0. The summed E-state index contributed by atoms with van der Waals surface area (Å²) >= 11 is 0. The summed E-state index contributed by atoms with van der Waals surface area (Å²) in [5.74, 6) is 0. The van der Waals surface area contributed by atoms with E-state index in [1.165, 1.54) is 72.5 Å². The minimum absolute atomic E-state index is 1.06. The molecule has 0 fully saturated rings. The quantitative estimate of drug-likeness (QED) is 0.180. The molecule has 0 saturated carbocycles. The fraction of sp³-hybridized carbons (Fsp3) is 0.111. The SMILES string of the molecule is CC.c1ccc(N(c2ccccc2)c2ccc3ccc4c(-c5ccc(N6CCCc7ccccc76)cc5)ccc5ccc2c3c54)cc1. The zero-order valence-electron chi connectivity index (χ0n) is 27.0. The topological polar surface area (TPSA) is 6.48 Å². The molecule has 0 unspecified atom stereocenters. The van der Waals surface area contributed by atoms with Gasteiger partial charge in [-0.2, -0.15) is 0 Å². The third kappa shape index (κ3) is 4.98. The van der Waals surface area contributed by atoms with Gasteiger partial charge >= 0.3 is 0 Å². The van der Waals surface area contributed by atoms with Crippen molar-refractivity contribution in [1.29, 1.82) is 0 Å². The zero-order valence-corrected chi connectivity index (χ0v) is 27.0. The summed E-state index contributed by atoms with van der Waals surface area (Å²) in [6.07, 6.45) is 2.34. The minimum atomic E-state index is 1.06. The lowest BCUT2D eigenvalue weighted by atomic mass is 9.89. The van der Waals surface area contributed by atoms with Crippen LogP contribution in [0, 0.1) is 0 Å². The number of hydrogen-bond acceptors (Lipinski definition) is 2. The molecule has 2 heteroatoms. The van der Waals surface area contributed by atoms with Gasteiger partial charge in [0.05, 0.1) is 5.69 Å². The number of aryl methyl sites for hydroxylation is 1. The van der Waals surface area contributed by atoms with Crippen LogP contribution in [0.15, 0.2) is 158 Å². The summed E-state index contributed by atoms with van der Waals surface area (Å²) in [5.41, 5.74) is 10.0. The van der Waals surface area contributed by atoms with E-state index in [1.807, 2.05) is 13.8 Å². The van der Waals surface area contributed by atoms with Crippen molar-refractivity contribution in [2.75, 3.05) is 16.3 Å². The molecule has 1 aliphatic heterocycles. The molecule has 0 N–H and O–H groups in total. The lowest BCUT2D eigenvalue weighted by molar-refractivity contribution is 0.767. The molecule has 0 bridgehead atoms. The molecule has 1 aliphatic rings. The maximum Gasteiger partial charge on any atom is 0.0540 e. The molecular formula is C45H38N2. The van der Waals surface area contributed by atoms with Crippen LogP contribution in [-0.4, -0.2) is 6.54 Å². The molecule has 8 aromatic carbocycles. The summed E-state index contributed by atoms with van der Waals surface area (Å²) < 4.78 is 0. The number of fused-ring (bicyclic) bond motifs is 1. The Hall–Kier alpha value is -5.60. The van der Waals surface area contributed by atoms with Gasteiger partial charge in [0.1, 0.15) is 0 Å². The summed E-state index contributed by atoms with van der Waals surface area (Å²) in [4.78, 5) is 4.85. The number of para-hydroxylation sites is 3. The monoisotopic (exact) mass is 606 g/mol. The molecule has 8 aromatic rings. The molecule has 0 amide bonds. The van der Waals surface area contributed by atoms with Gasteiger partial charge in [0.25, 0.3) is 0 Å². The van der Waals surface area contributed by atoms with Crippen LogP contribution in [0.1, 0.15) is 25.8 Å². The molecule has 47 heavy (non-hydrogen) atoms. The van der Waals surface area contributed by atoms with Crippen molar-refractivity contribution < 1.29 is 0 Å². The number of anilines is 5. The number of benzene rings is 8. The Balaban J connectivity index is 0.00000159. The third-order valence-corrected chi connectivity index (χ3v) is 9.51. The van der Waals surface area contributed by atoms with Crippen molar-refractivity contribution in [2.24, 2.45) is 0 Å². The first-order chi connectivity index (χ1) is 23.3. The van der Waals surface area contributed by atoms with Gasteiger partial charge < -0.3 is 9.80 Å². The fourth-order valence-electron chi connectivity index (χ4n) is 7.44. The lowest BCUT2D eigenvalue weighted by Crippen LogP contribution is -2.24. The maximum atomic E-state index is 2.47. The molecule has 0 aliphatic carbocycles. The Labute approximate surface area is 277 Å². The second-order valence-electron chi connectivity index (χ2n) is 12.1. The van der Waals surface area contributed by atoms with E-state index in [4.69, 9.17) is 0 Å². The Morgan fingerprint density at radius 1 is 0.511 bits per heavy atom. The second kappa shape index (κ2) is 12.3. The van der Waals surface area contributed by atoms with Gasteiger partial charge in [0, 0.05) is 34.7 Å². The number of hydrogen-bond donors (Lipinski definition) is 0. The smallest absolute Gasteiger partial charge is 0.0540 e. The highest BCUT2D eigenvalue weighted by atomic mass is 15.1. The van der Waals surface area contributed by atoms with Crippen LogP contribution in [0.3, 0.4) is 0 Å². The molecule has 0 saturated heterocycles. The molecular weight excluding hydrogens is 569 g/mol. The Kier molecular flexibility index (Phi) is 7.55. The van der Waals surface area contributed by atoms with Crippen LogP contribution in [0.5, 0.6) is 0 Å². The normalized spacial score (nSPS) is 12.6. The molecule has 0 radical (unpaired) electrons. The largest absolute Gasteiger partial charge is 0.341 e. The van der Waals surface area contributed by atoms with Crippen LogP contribution in [0.2, 0.25) is 0 Å². The van der Waals surface area contributed by atoms with Gasteiger partial charge in [0.15, 0.2) is 0 Å². The van der Waals surface area contributed by atoms with Gasteiger partial charge in [0.2, 0.25) is 0 Å². The number of nitrogens with zero attached hydrogens (tertiary/aromatic N) is 2. The summed E-state index contributed by atoms with van der Waals surface area (Å²) in [5, 5.41) is 7.75. The van der Waals surface area contributed by atoms with E-state index in [0.29, 0.717) is 0 Å².